The number of hydrogen-bond acceptors (Lipinski definition) is 3. The Kier molecular flexibility index (Phi) is 3.99. The first-order chi connectivity index (χ1) is 9.70. The first kappa shape index (κ1) is 13.9. The molecule has 20 heavy (non-hydrogen) atoms. The Balaban J connectivity index is 1.79. The summed E-state index contributed by atoms with van der Waals surface area (Å²) in [5.41, 5.74) is 8.77. The van der Waals surface area contributed by atoms with Gasteiger partial charge in [0.05, 0.1) is 0 Å². The Labute approximate surface area is 122 Å². The predicted molar refractivity (Wildman–Crippen MR) is 85.3 cm³/mol. The summed E-state index contributed by atoms with van der Waals surface area (Å²) >= 11 is 0. The highest BCUT2D eigenvalue weighted by Crippen LogP contribution is 2.40. The Morgan fingerprint density at radius 2 is 2.05 bits per heavy atom. The third-order valence-corrected chi connectivity index (χ3v) is 4.98. The van der Waals surface area contributed by atoms with E-state index < -0.39 is 0 Å². The maximum Gasteiger partial charge on any atom is 0.0429 e. The molecule has 110 valence electrons. The first-order valence-electron chi connectivity index (χ1n) is 8.00. The molecule has 0 saturated carbocycles. The normalized spacial score (nSPS) is 26.5. The Morgan fingerprint density at radius 3 is 2.75 bits per heavy atom. The molecule has 0 aromatic heterocycles. The number of nitrogens with two attached hydrogens (primary N) is 1. The van der Waals surface area contributed by atoms with Crippen molar-refractivity contribution in [1.29, 1.82) is 0 Å². The van der Waals surface area contributed by atoms with Crippen LogP contribution in [0.3, 0.4) is 0 Å². The third-order valence-electron chi connectivity index (χ3n) is 4.98. The molecular weight excluding hydrogens is 246 g/mol. The lowest BCUT2D eigenvalue weighted by atomic mass is 9.98. The molecule has 2 heterocycles. The number of rotatable bonds is 4. The second kappa shape index (κ2) is 5.74. The van der Waals surface area contributed by atoms with Crippen molar-refractivity contribution in [2.75, 3.05) is 31.1 Å². The summed E-state index contributed by atoms with van der Waals surface area (Å²) < 4.78 is 0. The maximum absolute atomic E-state index is 5.80. The highest BCUT2D eigenvalue weighted by atomic mass is 15.3. The first-order valence-corrected chi connectivity index (χ1v) is 8.00. The van der Waals surface area contributed by atoms with Crippen LogP contribution < -0.4 is 10.6 Å². The van der Waals surface area contributed by atoms with Crippen molar-refractivity contribution < 1.29 is 0 Å². The van der Waals surface area contributed by atoms with Crippen LogP contribution in [0.15, 0.2) is 24.3 Å². The van der Waals surface area contributed by atoms with E-state index in [0.717, 1.165) is 19.5 Å². The Hall–Kier alpha value is -1.06. The molecule has 0 amide bonds. The van der Waals surface area contributed by atoms with E-state index in [4.69, 9.17) is 5.73 Å². The summed E-state index contributed by atoms with van der Waals surface area (Å²) in [5, 5.41) is 0. The summed E-state index contributed by atoms with van der Waals surface area (Å²) in [7, 11) is 0. The fraction of sp³-hybridized carbons (Fsp3) is 0.647. The van der Waals surface area contributed by atoms with E-state index in [1.54, 1.807) is 0 Å². The van der Waals surface area contributed by atoms with E-state index >= 15 is 0 Å². The lowest BCUT2D eigenvalue weighted by molar-refractivity contribution is 0.271. The summed E-state index contributed by atoms with van der Waals surface area (Å²) in [6.07, 6.45) is 2.40. The number of fused-ring (bicyclic) bond motifs is 1. The van der Waals surface area contributed by atoms with Crippen molar-refractivity contribution >= 4 is 5.69 Å². The predicted octanol–water partition coefficient (Wildman–Crippen LogP) is 2.42. The molecule has 3 heteroatoms. The van der Waals surface area contributed by atoms with Crippen LogP contribution in [0.25, 0.3) is 0 Å². The minimum absolute atomic E-state index is 0.629. The van der Waals surface area contributed by atoms with Gasteiger partial charge in [-0.1, -0.05) is 18.2 Å². The number of hydrogen-bond donors (Lipinski definition) is 1. The van der Waals surface area contributed by atoms with Gasteiger partial charge in [-0.25, -0.2) is 0 Å². The molecule has 0 spiro atoms. The lowest BCUT2D eigenvalue weighted by Gasteiger charge is -2.28. The fourth-order valence-electron chi connectivity index (χ4n) is 3.81. The van der Waals surface area contributed by atoms with Gasteiger partial charge in [-0.2, -0.15) is 0 Å². The van der Waals surface area contributed by atoms with Gasteiger partial charge in [0, 0.05) is 43.3 Å². The average molecular weight is 273 g/mol. The second-order valence-electron chi connectivity index (χ2n) is 6.52. The monoisotopic (exact) mass is 273 g/mol. The van der Waals surface area contributed by atoms with Gasteiger partial charge in [-0.05, 0) is 44.9 Å². The zero-order valence-electron chi connectivity index (χ0n) is 12.8. The van der Waals surface area contributed by atoms with Crippen molar-refractivity contribution in [1.82, 2.24) is 4.90 Å². The smallest absolute Gasteiger partial charge is 0.0429 e. The number of para-hydroxylation sites is 1. The standard InChI is InChI=1S/C17H27N3/c1-13(2)19-10-8-15(12-19)20-11-14(7-9-18)16-5-3-4-6-17(16)20/h3-6,13-15H,7-12,18H2,1-2H3. The quantitative estimate of drug-likeness (QED) is 0.914. The molecule has 0 bridgehead atoms. The molecule has 2 unspecified atom stereocenters. The fourth-order valence-corrected chi connectivity index (χ4v) is 3.81. The molecule has 0 radical (unpaired) electrons. The zero-order valence-corrected chi connectivity index (χ0v) is 12.8. The third kappa shape index (κ3) is 2.45. The molecule has 1 aromatic carbocycles. The van der Waals surface area contributed by atoms with Gasteiger partial charge in [-0.15, -0.1) is 0 Å². The van der Waals surface area contributed by atoms with Gasteiger partial charge >= 0.3 is 0 Å². The molecule has 2 aliphatic heterocycles. The number of nitrogens with zero attached hydrogens (tertiary/aromatic N) is 2. The molecule has 3 nitrogen and oxygen atoms in total. The van der Waals surface area contributed by atoms with Crippen LogP contribution in [0.1, 0.15) is 38.2 Å². The minimum atomic E-state index is 0.629. The van der Waals surface area contributed by atoms with Crippen molar-refractivity contribution in [2.45, 2.75) is 44.7 Å². The van der Waals surface area contributed by atoms with Gasteiger partial charge in [0.15, 0.2) is 0 Å². The molecule has 1 saturated heterocycles. The lowest BCUT2D eigenvalue weighted by Crippen LogP contribution is -2.38. The van der Waals surface area contributed by atoms with Crippen molar-refractivity contribution in [3.63, 3.8) is 0 Å². The SMILES string of the molecule is CC(C)N1CCC(N2CC(CCN)c3ccccc32)C1. The van der Waals surface area contributed by atoms with Crippen LogP contribution in [0.2, 0.25) is 0 Å². The second-order valence-corrected chi connectivity index (χ2v) is 6.52. The highest BCUT2D eigenvalue weighted by Gasteiger charge is 2.35. The van der Waals surface area contributed by atoms with Crippen molar-refractivity contribution in [3.8, 4) is 0 Å². The molecule has 2 aliphatic rings. The maximum atomic E-state index is 5.80. The van der Waals surface area contributed by atoms with E-state index in [0.29, 0.717) is 18.0 Å². The van der Waals surface area contributed by atoms with E-state index in [9.17, 15) is 0 Å². The van der Waals surface area contributed by atoms with E-state index in [-0.39, 0.29) is 0 Å². The van der Waals surface area contributed by atoms with Crippen LogP contribution in [0.4, 0.5) is 5.69 Å². The largest absolute Gasteiger partial charge is 0.366 e. The molecule has 0 aliphatic carbocycles. The van der Waals surface area contributed by atoms with Crippen LogP contribution in [-0.4, -0.2) is 43.2 Å². The number of anilines is 1. The number of benzene rings is 1. The number of likely N-dealkylation sites (tertiary alicyclic amines) is 1. The summed E-state index contributed by atoms with van der Waals surface area (Å²) in [6, 6.07) is 10.3. The van der Waals surface area contributed by atoms with Gasteiger partial charge in [-0.3, -0.25) is 4.90 Å². The van der Waals surface area contributed by atoms with Gasteiger partial charge in [0.2, 0.25) is 0 Å². The zero-order chi connectivity index (χ0) is 14.1. The summed E-state index contributed by atoms with van der Waals surface area (Å²) in [5.74, 6) is 0.629. The molecular formula is C17H27N3. The van der Waals surface area contributed by atoms with Crippen LogP contribution >= 0.6 is 0 Å². The Morgan fingerprint density at radius 1 is 1.25 bits per heavy atom. The minimum Gasteiger partial charge on any atom is -0.366 e. The Bertz CT molecular complexity index is 457. The van der Waals surface area contributed by atoms with Gasteiger partial charge in [0.25, 0.3) is 0 Å². The van der Waals surface area contributed by atoms with E-state index in [1.807, 2.05) is 0 Å². The van der Waals surface area contributed by atoms with Crippen molar-refractivity contribution in [2.24, 2.45) is 5.73 Å². The topological polar surface area (TPSA) is 32.5 Å². The van der Waals surface area contributed by atoms with Gasteiger partial charge in [0.1, 0.15) is 0 Å². The van der Waals surface area contributed by atoms with Gasteiger partial charge < -0.3 is 10.6 Å². The summed E-state index contributed by atoms with van der Waals surface area (Å²) in [4.78, 5) is 5.25. The molecule has 1 fully saturated rings. The molecule has 2 N–H and O–H groups in total. The molecule has 1 aromatic rings. The summed E-state index contributed by atoms with van der Waals surface area (Å²) in [6.45, 7) is 9.00. The van der Waals surface area contributed by atoms with Crippen LogP contribution in [0.5, 0.6) is 0 Å². The van der Waals surface area contributed by atoms with E-state index in [1.165, 1.54) is 30.8 Å². The highest BCUT2D eigenvalue weighted by molar-refractivity contribution is 5.61. The average Bonchev–Trinajstić information content (AvgIpc) is 3.04. The molecule has 3 rings (SSSR count). The van der Waals surface area contributed by atoms with Crippen molar-refractivity contribution in [3.05, 3.63) is 29.8 Å². The molecule has 2 atom stereocenters. The van der Waals surface area contributed by atoms with Crippen LogP contribution in [-0.2, 0) is 0 Å². The van der Waals surface area contributed by atoms with E-state index in [2.05, 4.69) is 47.9 Å². The van der Waals surface area contributed by atoms with Crippen LogP contribution in [0, 0.1) is 0 Å².